The molecule has 9 nitrogen and oxygen atoms in total. The van der Waals surface area contributed by atoms with Gasteiger partial charge >= 0.3 is 0 Å². The standard InChI is InChI=1S/C24H25ClN4O5/c1-16(23-27-26-15-34-23)28-13-17-6-2-3-7-21(17)29(14-22(28)31)24(32)19-9-8-18(12-20(19)25)33-11-5-4-10-30/h2-3,6-9,12,15-16,30H,4-5,10-11,13-14H2,1H3. The average Bonchev–Trinajstić information content (AvgIpc) is 3.33. The Balaban J connectivity index is 1.59. The van der Waals surface area contributed by atoms with E-state index in [1.165, 1.54) is 11.3 Å². The number of halogens is 1. The molecular weight excluding hydrogens is 460 g/mol. The van der Waals surface area contributed by atoms with Crippen LogP contribution in [0.3, 0.4) is 0 Å². The number of aromatic nitrogens is 2. The number of nitrogens with zero attached hydrogens (tertiary/aromatic N) is 4. The monoisotopic (exact) mass is 484 g/mol. The van der Waals surface area contributed by atoms with Crippen LogP contribution in [0.25, 0.3) is 0 Å². The number of para-hydroxylation sites is 1. The van der Waals surface area contributed by atoms with Gasteiger partial charge in [0, 0.05) is 18.8 Å². The van der Waals surface area contributed by atoms with Gasteiger partial charge in [-0.2, -0.15) is 0 Å². The van der Waals surface area contributed by atoms with Crippen molar-refractivity contribution in [2.24, 2.45) is 0 Å². The van der Waals surface area contributed by atoms with Gasteiger partial charge in [0.05, 0.1) is 17.2 Å². The fourth-order valence-corrected chi connectivity index (χ4v) is 4.08. The second-order valence-electron chi connectivity index (χ2n) is 7.92. The van der Waals surface area contributed by atoms with Gasteiger partial charge in [-0.1, -0.05) is 29.8 Å². The highest BCUT2D eigenvalue weighted by molar-refractivity contribution is 6.34. The number of ether oxygens (including phenoxy) is 1. The number of amides is 2. The van der Waals surface area contributed by atoms with E-state index in [-0.39, 0.29) is 42.1 Å². The number of carbonyl (C=O) groups is 2. The van der Waals surface area contributed by atoms with E-state index in [0.29, 0.717) is 36.8 Å². The molecule has 4 rings (SSSR count). The summed E-state index contributed by atoms with van der Waals surface area (Å²) in [5.74, 6) is 0.217. The van der Waals surface area contributed by atoms with E-state index >= 15 is 0 Å². The summed E-state index contributed by atoms with van der Waals surface area (Å²) in [4.78, 5) is 29.9. The summed E-state index contributed by atoms with van der Waals surface area (Å²) in [5.41, 5.74) is 1.72. The van der Waals surface area contributed by atoms with Gasteiger partial charge in [-0.15, -0.1) is 10.2 Å². The van der Waals surface area contributed by atoms with Gasteiger partial charge in [-0.25, -0.2) is 0 Å². The van der Waals surface area contributed by atoms with Crippen LogP contribution in [0.1, 0.15) is 47.6 Å². The smallest absolute Gasteiger partial charge is 0.260 e. The molecule has 1 unspecified atom stereocenters. The number of rotatable bonds is 8. The lowest BCUT2D eigenvalue weighted by molar-refractivity contribution is -0.132. The number of benzene rings is 2. The largest absolute Gasteiger partial charge is 0.494 e. The number of hydrogen-bond acceptors (Lipinski definition) is 7. The topological polar surface area (TPSA) is 109 Å². The first kappa shape index (κ1) is 23.7. The van der Waals surface area contributed by atoms with Crippen molar-refractivity contribution in [2.45, 2.75) is 32.4 Å². The first-order chi connectivity index (χ1) is 16.5. The van der Waals surface area contributed by atoms with E-state index in [2.05, 4.69) is 10.2 Å². The van der Waals surface area contributed by atoms with Crippen molar-refractivity contribution < 1.29 is 23.8 Å². The molecule has 0 aliphatic carbocycles. The minimum Gasteiger partial charge on any atom is -0.494 e. The van der Waals surface area contributed by atoms with Gasteiger partial charge in [0.15, 0.2) is 0 Å². The SMILES string of the molecule is CC(c1nnco1)N1Cc2ccccc2N(C(=O)c2ccc(OCCCCO)cc2Cl)CC1=O. The number of carbonyl (C=O) groups excluding carboxylic acids is 2. The normalized spacial score (nSPS) is 14.5. The number of aliphatic hydroxyl groups is 1. The molecule has 2 aromatic carbocycles. The van der Waals surface area contributed by atoms with Crippen LogP contribution in [0.2, 0.25) is 5.02 Å². The zero-order chi connectivity index (χ0) is 24.1. The molecule has 1 atom stereocenters. The third-order valence-corrected chi connectivity index (χ3v) is 5.99. The van der Waals surface area contributed by atoms with Crippen LogP contribution in [-0.4, -0.2) is 51.8 Å². The molecule has 0 fully saturated rings. The van der Waals surface area contributed by atoms with Gasteiger partial charge in [0.2, 0.25) is 18.2 Å². The Morgan fingerprint density at radius 1 is 1.24 bits per heavy atom. The van der Waals surface area contributed by atoms with Crippen molar-refractivity contribution in [3.8, 4) is 5.75 Å². The van der Waals surface area contributed by atoms with Crippen molar-refractivity contribution in [2.75, 3.05) is 24.7 Å². The van der Waals surface area contributed by atoms with Crippen molar-refractivity contribution in [3.63, 3.8) is 0 Å². The molecule has 178 valence electrons. The van der Waals surface area contributed by atoms with Crippen LogP contribution in [-0.2, 0) is 11.3 Å². The molecule has 10 heteroatoms. The van der Waals surface area contributed by atoms with E-state index in [0.717, 1.165) is 5.56 Å². The van der Waals surface area contributed by atoms with Gasteiger partial charge in [-0.05, 0) is 49.6 Å². The molecule has 2 heterocycles. The summed E-state index contributed by atoms with van der Waals surface area (Å²) in [5, 5.41) is 16.7. The minimum absolute atomic E-state index is 0.110. The third kappa shape index (κ3) is 5.05. The Morgan fingerprint density at radius 2 is 2.06 bits per heavy atom. The summed E-state index contributed by atoms with van der Waals surface area (Å²) in [7, 11) is 0. The maximum Gasteiger partial charge on any atom is 0.260 e. The van der Waals surface area contributed by atoms with Crippen molar-refractivity contribution >= 4 is 29.1 Å². The fraction of sp³-hybridized carbons (Fsp3) is 0.333. The molecule has 0 saturated carbocycles. The second kappa shape index (κ2) is 10.7. The average molecular weight is 485 g/mol. The molecule has 1 aliphatic heterocycles. The first-order valence-corrected chi connectivity index (χ1v) is 11.4. The van der Waals surface area contributed by atoms with Gasteiger partial charge in [-0.3, -0.25) is 14.5 Å². The van der Waals surface area contributed by atoms with Crippen molar-refractivity contribution in [3.05, 3.63) is 70.9 Å². The fourth-order valence-electron chi connectivity index (χ4n) is 3.83. The minimum atomic E-state index is -0.455. The summed E-state index contributed by atoms with van der Waals surface area (Å²) in [6, 6.07) is 11.8. The summed E-state index contributed by atoms with van der Waals surface area (Å²) in [6.07, 6.45) is 2.58. The Bertz CT molecular complexity index is 1150. The van der Waals surface area contributed by atoms with Crippen LogP contribution in [0.5, 0.6) is 5.75 Å². The lowest BCUT2D eigenvalue weighted by atomic mass is 10.1. The van der Waals surface area contributed by atoms with Crippen LogP contribution < -0.4 is 9.64 Å². The lowest BCUT2D eigenvalue weighted by Crippen LogP contribution is -2.41. The molecule has 0 saturated heterocycles. The van der Waals surface area contributed by atoms with Gasteiger partial charge in [0.1, 0.15) is 18.3 Å². The molecule has 3 aromatic rings. The summed E-state index contributed by atoms with van der Waals surface area (Å²) < 4.78 is 10.9. The van der Waals surface area contributed by atoms with Gasteiger partial charge in [0.25, 0.3) is 5.91 Å². The number of anilines is 1. The molecule has 0 radical (unpaired) electrons. The number of hydrogen-bond donors (Lipinski definition) is 1. The van der Waals surface area contributed by atoms with E-state index in [4.69, 9.17) is 25.9 Å². The molecule has 34 heavy (non-hydrogen) atoms. The Kier molecular flexibility index (Phi) is 7.44. The molecule has 0 spiro atoms. The lowest BCUT2D eigenvalue weighted by Gasteiger charge is -2.26. The van der Waals surface area contributed by atoms with Crippen molar-refractivity contribution in [1.29, 1.82) is 0 Å². The molecule has 1 aromatic heterocycles. The predicted octanol–water partition coefficient (Wildman–Crippen LogP) is 3.62. The Morgan fingerprint density at radius 3 is 2.79 bits per heavy atom. The summed E-state index contributed by atoms with van der Waals surface area (Å²) >= 11 is 6.44. The summed E-state index contributed by atoms with van der Waals surface area (Å²) in [6.45, 7) is 2.48. The van der Waals surface area contributed by atoms with Crippen LogP contribution in [0.15, 0.2) is 53.3 Å². The maximum atomic E-state index is 13.6. The van der Waals surface area contributed by atoms with E-state index in [1.54, 1.807) is 23.1 Å². The Labute approximate surface area is 201 Å². The van der Waals surface area contributed by atoms with E-state index < -0.39 is 6.04 Å². The zero-order valence-electron chi connectivity index (χ0n) is 18.7. The van der Waals surface area contributed by atoms with E-state index in [1.807, 2.05) is 31.2 Å². The number of aliphatic hydroxyl groups excluding tert-OH is 1. The van der Waals surface area contributed by atoms with Crippen LogP contribution in [0.4, 0.5) is 5.69 Å². The quantitative estimate of drug-likeness (QED) is 0.486. The zero-order valence-corrected chi connectivity index (χ0v) is 19.4. The molecule has 2 amide bonds. The highest BCUT2D eigenvalue weighted by Gasteiger charge is 2.34. The molecule has 1 aliphatic rings. The number of unbranched alkanes of at least 4 members (excludes halogenated alkanes) is 1. The number of fused-ring (bicyclic) bond motifs is 1. The van der Waals surface area contributed by atoms with Crippen molar-refractivity contribution in [1.82, 2.24) is 15.1 Å². The highest BCUT2D eigenvalue weighted by Crippen LogP contribution is 2.32. The highest BCUT2D eigenvalue weighted by atomic mass is 35.5. The second-order valence-corrected chi connectivity index (χ2v) is 8.32. The first-order valence-electron chi connectivity index (χ1n) is 11.0. The molecule has 1 N–H and O–H groups in total. The maximum absolute atomic E-state index is 13.6. The molecular formula is C24H25ClN4O5. The van der Waals surface area contributed by atoms with Crippen LogP contribution in [0, 0.1) is 0 Å². The predicted molar refractivity (Wildman–Crippen MR) is 125 cm³/mol. The molecule has 0 bridgehead atoms. The van der Waals surface area contributed by atoms with Crippen LogP contribution >= 0.6 is 11.6 Å². The van der Waals surface area contributed by atoms with E-state index in [9.17, 15) is 9.59 Å². The third-order valence-electron chi connectivity index (χ3n) is 5.68. The Hall–Kier alpha value is -3.43. The van der Waals surface area contributed by atoms with Gasteiger partial charge < -0.3 is 19.2 Å².